The van der Waals surface area contributed by atoms with Crippen molar-refractivity contribution in [3.8, 4) is 17.8 Å². The fraction of sp³-hybridized carbons (Fsp3) is 0.185. The van der Waals surface area contributed by atoms with E-state index < -0.39 is 0 Å². The lowest BCUT2D eigenvalue weighted by Gasteiger charge is -2.02. The number of hydrogen-bond acceptors (Lipinski definition) is 5. The summed E-state index contributed by atoms with van der Waals surface area (Å²) in [6, 6.07) is 21.7. The summed E-state index contributed by atoms with van der Waals surface area (Å²) in [7, 11) is 0. The Bertz CT molecular complexity index is 1450. The van der Waals surface area contributed by atoms with E-state index in [-0.39, 0.29) is 5.91 Å². The molecule has 2 heterocycles. The van der Waals surface area contributed by atoms with E-state index in [4.69, 9.17) is 11.0 Å². The molecule has 2 aromatic heterocycles. The number of benzene rings is 2. The van der Waals surface area contributed by atoms with Gasteiger partial charge in [0, 0.05) is 41.8 Å². The smallest absolute Gasteiger partial charge is 0.244 e. The van der Waals surface area contributed by atoms with Crippen molar-refractivity contribution >= 4 is 28.7 Å². The molecule has 0 aliphatic rings. The van der Waals surface area contributed by atoms with Gasteiger partial charge in [-0.3, -0.25) is 4.79 Å². The summed E-state index contributed by atoms with van der Waals surface area (Å²) in [6.45, 7) is 1.04. The third-order valence-corrected chi connectivity index (χ3v) is 5.69. The van der Waals surface area contributed by atoms with Gasteiger partial charge < -0.3 is 15.6 Å². The minimum Gasteiger partial charge on any atom is -0.382 e. The molecular formula is C27H25N7O. The zero-order valence-electron chi connectivity index (χ0n) is 19.2. The van der Waals surface area contributed by atoms with E-state index in [0.29, 0.717) is 49.4 Å². The van der Waals surface area contributed by atoms with E-state index in [9.17, 15) is 10.1 Å². The van der Waals surface area contributed by atoms with Crippen LogP contribution in [0.4, 0.5) is 5.82 Å². The average molecular weight is 464 g/mol. The second kappa shape index (κ2) is 10.9. The lowest BCUT2D eigenvalue weighted by Crippen LogP contribution is -2.22. The molecule has 35 heavy (non-hydrogen) atoms. The highest BCUT2D eigenvalue weighted by molar-refractivity contribution is 5.96. The van der Waals surface area contributed by atoms with E-state index >= 15 is 0 Å². The fourth-order valence-corrected chi connectivity index (χ4v) is 4.00. The number of nitrogens with zero attached hydrogens (tertiary/aromatic N) is 5. The lowest BCUT2D eigenvalue weighted by atomic mass is 10.1. The van der Waals surface area contributed by atoms with Crippen molar-refractivity contribution in [1.82, 2.24) is 19.7 Å². The Hall–Kier alpha value is -4.82. The van der Waals surface area contributed by atoms with Gasteiger partial charge in [0.2, 0.25) is 5.91 Å². The first-order valence-corrected chi connectivity index (χ1v) is 11.4. The predicted molar refractivity (Wildman–Crippen MR) is 135 cm³/mol. The van der Waals surface area contributed by atoms with E-state index in [1.165, 1.54) is 6.08 Å². The number of nitrogen functional groups attached to an aromatic ring is 1. The summed E-state index contributed by atoms with van der Waals surface area (Å²) in [6.07, 6.45) is 6.82. The molecule has 4 aromatic rings. The number of aryl methyl sites for hydroxylation is 2. The maximum Gasteiger partial charge on any atom is 0.244 e. The number of carbonyl (C=O) groups excluding carboxylic acids is 1. The van der Waals surface area contributed by atoms with Gasteiger partial charge in [-0.2, -0.15) is 15.6 Å². The summed E-state index contributed by atoms with van der Waals surface area (Å²) in [5.41, 5.74) is 9.88. The Morgan fingerprint density at radius 1 is 1.11 bits per heavy atom. The van der Waals surface area contributed by atoms with Crippen molar-refractivity contribution in [2.24, 2.45) is 0 Å². The zero-order chi connectivity index (χ0) is 24.6. The Kier molecular flexibility index (Phi) is 7.25. The lowest BCUT2D eigenvalue weighted by molar-refractivity contribution is -0.116. The Balaban J connectivity index is 1.35. The van der Waals surface area contributed by atoms with Gasteiger partial charge in [-0.05, 0) is 37.1 Å². The number of para-hydroxylation sites is 2. The van der Waals surface area contributed by atoms with Crippen LogP contribution < -0.4 is 11.1 Å². The van der Waals surface area contributed by atoms with Gasteiger partial charge in [0.1, 0.15) is 17.5 Å². The van der Waals surface area contributed by atoms with Crippen LogP contribution in [0, 0.1) is 22.7 Å². The second-order valence-electron chi connectivity index (χ2n) is 8.00. The molecule has 0 saturated heterocycles. The molecule has 0 fully saturated rings. The van der Waals surface area contributed by atoms with Crippen molar-refractivity contribution in [1.29, 1.82) is 10.5 Å². The molecule has 0 saturated carbocycles. The number of nitrogens with one attached hydrogen (secondary N) is 1. The minimum atomic E-state index is -0.200. The number of fused-ring (bicyclic) bond motifs is 1. The Morgan fingerprint density at radius 2 is 1.89 bits per heavy atom. The number of hydrogen-bond donors (Lipinski definition) is 2. The summed E-state index contributed by atoms with van der Waals surface area (Å²) in [5.74, 6) is 0.114. The van der Waals surface area contributed by atoms with E-state index in [1.807, 2.05) is 65.4 Å². The Labute approximate surface area is 203 Å². The number of aromatic nitrogens is 3. The number of anilines is 1. The molecule has 0 spiro atoms. The zero-order valence-corrected chi connectivity index (χ0v) is 19.2. The molecule has 0 radical (unpaired) electrons. The van der Waals surface area contributed by atoms with Crippen LogP contribution >= 0.6 is 0 Å². The third kappa shape index (κ3) is 5.23. The molecule has 8 heteroatoms. The van der Waals surface area contributed by atoms with Crippen LogP contribution in [0.2, 0.25) is 0 Å². The van der Waals surface area contributed by atoms with E-state index in [2.05, 4.69) is 22.6 Å². The first-order chi connectivity index (χ1) is 17.1. The van der Waals surface area contributed by atoms with Gasteiger partial charge in [0.05, 0.1) is 23.9 Å². The monoisotopic (exact) mass is 463 g/mol. The number of amides is 1. The molecule has 8 nitrogen and oxygen atoms in total. The van der Waals surface area contributed by atoms with Gasteiger partial charge in [-0.25, -0.2) is 4.68 Å². The number of nitriles is 2. The summed E-state index contributed by atoms with van der Waals surface area (Å²) >= 11 is 0. The van der Waals surface area contributed by atoms with Crippen LogP contribution in [-0.2, 0) is 17.8 Å². The molecule has 0 unspecified atom stereocenters. The van der Waals surface area contributed by atoms with Crippen LogP contribution in [0.5, 0.6) is 0 Å². The van der Waals surface area contributed by atoms with Crippen molar-refractivity contribution in [3.05, 3.63) is 83.7 Å². The van der Waals surface area contributed by atoms with Crippen LogP contribution in [0.3, 0.4) is 0 Å². The van der Waals surface area contributed by atoms with Crippen LogP contribution in [-0.4, -0.2) is 26.8 Å². The van der Waals surface area contributed by atoms with Crippen LogP contribution in [0.25, 0.3) is 22.7 Å². The van der Waals surface area contributed by atoms with Gasteiger partial charge in [-0.1, -0.05) is 36.4 Å². The second-order valence-corrected chi connectivity index (χ2v) is 8.00. The molecule has 3 N–H and O–H groups in total. The summed E-state index contributed by atoms with van der Waals surface area (Å²) < 4.78 is 3.60. The SMILES string of the molecule is N#CCCn1cc(/C=C/C(=O)NCCCc2nn(-c3ccccc3)c(N)c2C#N)c2ccccc21. The first kappa shape index (κ1) is 23.3. The first-order valence-electron chi connectivity index (χ1n) is 11.4. The molecule has 0 atom stereocenters. The summed E-state index contributed by atoms with van der Waals surface area (Å²) in [4.78, 5) is 12.4. The van der Waals surface area contributed by atoms with Crippen molar-refractivity contribution in [2.45, 2.75) is 25.8 Å². The molecular weight excluding hydrogens is 438 g/mol. The third-order valence-electron chi connectivity index (χ3n) is 5.69. The molecule has 1 amide bonds. The molecule has 0 aliphatic heterocycles. The molecule has 0 bridgehead atoms. The predicted octanol–water partition coefficient (Wildman–Crippen LogP) is 3.96. The topological polar surface area (TPSA) is 125 Å². The highest BCUT2D eigenvalue weighted by atomic mass is 16.1. The van der Waals surface area contributed by atoms with E-state index in [0.717, 1.165) is 22.2 Å². The van der Waals surface area contributed by atoms with E-state index in [1.54, 1.807) is 10.8 Å². The van der Waals surface area contributed by atoms with Gasteiger partial charge in [0.15, 0.2) is 0 Å². The van der Waals surface area contributed by atoms with Crippen molar-refractivity contribution in [2.75, 3.05) is 12.3 Å². The molecule has 2 aromatic carbocycles. The highest BCUT2D eigenvalue weighted by Crippen LogP contribution is 2.23. The molecule has 0 aliphatic carbocycles. The van der Waals surface area contributed by atoms with Crippen molar-refractivity contribution in [3.63, 3.8) is 0 Å². The van der Waals surface area contributed by atoms with Crippen LogP contribution in [0.1, 0.15) is 29.7 Å². The fourth-order valence-electron chi connectivity index (χ4n) is 4.00. The largest absolute Gasteiger partial charge is 0.382 e. The molecule has 174 valence electrons. The maximum atomic E-state index is 12.4. The maximum absolute atomic E-state index is 12.4. The van der Waals surface area contributed by atoms with Crippen LogP contribution in [0.15, 0.2) is 66.9 Å². The standard InChI is InChI=1S/C27H25N7O/c28-15-7-17-33-19-20(22-10-4-5-12-25(22)33)13-14-26(35)31-16-6-11-24-23(18-29)27(30)34(32-24)21-8-2-1-3-9-21/h1-5,8-10,12-14,19H,6-7,11,16-17,30H2,(H,31,35)/b14-13+. The number of carbonyl (C=O) groups is 1. The number of nitrogens with two attached hydrogens (primary N) is 1. The number of rotatable bonds is 9. The van der Waals surface area contributed by atoms with Gasteiger partial charge in [-0.15, -0.1) is 0 Å². The highest BCUT2D eigenvalue weighted by Gasteiger charge is 2.16. The van der Waals surface area contributed by atoms with Crippen molar-refractivity contribution < 1.29 is 4.79 Å². The summed E-state index contributed by atoms with van der Waals surface area (Å²) in [5, 5.41) is 26.9. The quantitative estimate of drug-likeness (QED) is 0.287. The Morgan fingerprint density at radius 3 is 2.66 bits per heavy atom. The van der Waals surface area contributed by atoms with Gasteiger partial charge in [0.25, 0.3) is 0 Å². The molecule has 4 rings (SSSR count). The van der Waals surface area contributed by atoms with Gasteiger partial charge >= 0.3 is 0 Å². The normalized spacial score (nSPS) is 10.9. The minimum absolute atomic E-state index is 0.200. The average Bonchev–Trinajstić information content (AvgIpc) is 3.41.